The van der Waals surface area contributed by atoms with Gasteiger partial charge in [0, 0.05) is 25.2 Å². The molecule has 0 saturated heterocycles. The summed E-state index contributed by atoms with van der Waals surface area (Å²) in [6, 6.07) is 20.8. The third kappa shape index (κ3) is 3.74. The van der Waals surface area contributed by atoms with E-state index in [0.29, 0.717) is 11.9 Å². The molecule has 0 spiro atoms. The van der Waals surface area contributed by atoms with Crippen molar-refractivity contribution in [2.24, 2.45) is 0 Å². The highest BCUT2D eigenvalue weighted by molar-refractivity contribution is 6.16. The van der Waals surface area contributed by atoms with Crippen LogP contribution in [0.25, 0.3) is 10.8 Å². The van der Waals surface area contributed by atoms with Gasteiger partial charge in [-0.1, -0.05) is 60.7 Å². The number of rotatable bonds is 6. The van der Waals surface area contributed by atoms with Crippen molar-refractivity contribution in [2.45, 2.75) is 19.5 Å². The van der Waals surface area contributed by atoms with Crippen molar-refractivity contribution < 1.29 is 14.7 Å². The molecule has 0 aliphatic carbocycles. The van der Waals surface area contributed by atoms with Crippen LogP contribution in [0.15, 0.2) is 72.9 Å². The van der Waals surface area contributed by atoms with E-state index in [-0.39, 0.29) is 11.1 Å². The Balaban J connectivity index is 1.36. The maximum Gasteiger partial charge on any atom is 0.336 e. The van der Waals surface area contributed by atoms with Gasteiger partial charge < -0.3 is 5.11 Å². The first kappa shape index (κ1) is 20.0. The average molecular weight is 426 g/mol. The smallest absolute Gasteiger partial charge is 0.336 e. The summed E-state index contributed by atoms with van der Waals surface area (Å²) in [5.74, 6) is -1.63. The minimum absolute atomic E-state index is 0.0329. The molecule has 7 nitrogen and oxygen atoms in total. The number of carbonyl (C=O) groups is 2. The molecule has 0 bridgehead atoms. The summed E-state index contributed by atoms with van der Waals surface area (Å²) >= 11 is 0. The fourth-order valence-corrected chi connectivity index (χ4v) is 4.25. The lowest BCUT2D eigenvalue weighted by molar-refractivity contribution is 0.0692. The van der Waals surface area contributed by atoms with Crippen LogP contribution in [0, 0.1) is 0 Å². The van der Waals surface area contributed by atoms with Crippen LogP contribution in [-0.4, -0.2) is 38.3 Å². The van der Waals surface area contributed by atoms with Crippen molar-refractivity contribution in [1.29, 1.82) is 0 Å². The number of hydrogen-bond acceptors (Lipinski definition) is 4. The molecule has 5 rings (SSSR count). The number of carbonyl (C=O) groups excluding carboxylic acids is 1. The summed E-state index contributed by atoms with van der Waals surface area (Å²) < 4.78 is 0. The van der Waals surface area contributed by atoms with Gasteiger partial charge in [0.15, 0.2) is 0 Å². The lowest BCUT2D eigenvalue weighted by Gasteiger charge is -2.16. The summed E-state index contributed by atoms with van der Waals surface area (Å²) in [5, 5.41) is 15.4. The Morgan fingerprint density at radius 2 is 1.75 bits per heavy atom. The zero-order chi connectivity index (χ0) is 22.1. The Kier molecular flexibility index (Phi) is 5.17. The summed E-state index contributed by atoms with van der Waals surface area (Å²) in [5.41, 5.74) is 6.17. The van der Waals surface area contributed by atoms with E-state index in [2.05, 4.69) is 27.6 Å². The maximum atomic E-state index is 13.2. The Morgan fingerprint density at radius 3 is 2.56 bits per heavy atom. The van der Waals surface area contributed by atoms with Crippen molar-refractivity contribution >= 4 is 22.6 Å². The van der Waals surface area contributed by atoms with Gasteiger partial charge in [-0.15, -0.1) is 0 Å². The molecule has 32 heavy (non-hydrogen) atoms. The first-order valence-electron chi connectivity index (χ1n) is 10.5. The van der Waals surface area contributed by atoms with E-state index in [1.54, 1.807) is 24.4 Å². The van der Waals surface area contributed by atoms with Crippen LogP contribution < -0.4 is 5.43 Å². The number of aromatic nitrogens is 2. The first-order chi connectivity index (χ1) is 15.6. The average Bonchev–Trinajstić information content (AvgIpc) is 3.38. The standard InChI is InChI=1S/C25H22N4O3/c30-24(23-20-9-5-4-8-18(20)10-11-21(23)25(31)32)27-29-22-16-28(15-19(22)14-26-29)13-12-17-6-2-1-3-7-17/h1-11,14H,12-13,15-16H2,(H,27,30)(H,31,32). The number of nitrogens with one attached hydrogen (secondary N) is 1. The molecule has 160 valence electrons. The van der Waals surface area contributed by atoms with Crippen molar-refractivity contribution in [2.75, 3.05) is 12.0 Å². The molecular weight excluding hydrogens is 404 g/mol. The SMILES string of the molecule is O=C(O)c1ccc2ccccc2c1C(=O)Nn1ncc2c1CN(CCc1ccccc1)C2. The summed E-state index contributed by atoms with van der Waals surface area (Å²) in [4.78, 5) is 28.8. The van der Waals surface area contributed by atoms with Gasteiger partial charge in [0.1, 0.15) is 0 Å². The van der Waals surface area contributed by atoms with Gasteiger partial charge in [0.2, 0.25) is 0 Å². The minimum atomic E-state index is -1.14. The topological polar surface area (TPSA) is 87.5 Å². The second-order valence-corrected chi connectivity index (χ2v) is 7.93. The molecule has 1 amide bonds. The van der Waals surface area contributed by atoms with Crippen molar-refractivity contribution in [3.05, 3.63) is 101 Å². The third-order valence-electron chi connectivity index (χ3n) is 5.88. The number of hydrogen-bond donors (Lipinski definition) is 2. The van der Waals surface area contributed by atoms with Gasteiger partial charge in [-0.2, -0.15) is 9.89 Å². The number of carboxylic acid groups (broad SMARTS) is 1. The lowest BCUT2D eigenvalue weighted by atomic mass is 9.98. The van der Waals surface area contributed by atoms with Gasteiger partial charge in [-0.25, -0.2) is 10.2 Å². The molecule has 0 atom stereocenters. The largest absolute Gasteiger partial charge is 0.478 e. The molecule has 0 unspecified atom stereocenters. The Morgan fingerprint density at radius 1 is 0.969 bits per heavy atom. The van der Waals surface area contributed by atoms with Gasteiger partial charge >= 0.3 is 5.97 Å². The Labute approximate surface area is 184 Å². The van der Waals surface area contributed by atoms with E-state index in [1.165, 1.54) is 16.4 Å². The minimum Gasteiger partial charge on any atom is -0.478 e. The zero-order valence-electron chi connectivity index (χ0n) is 17.4. The van der Waals surface area contributed by atoms with E-state index >= 15 is 0 Å². The Hall–Kier alpha value is -3.97. The molecule has 0 radical (unpaired) electrons. The summed E-state index contributed by atoms with van der Waals surface area (Å²) in [7, 11) is 0. The van der Waals surface area contributed by atoms with Crippen LogP contribution in [-0.2, 0) is 19.5 Å². The van der Waals surface area contributed by atoms with Crippen LogP contribution >= 0.6 is 0 Å². The van der Waals surface area contributed by atoms with Gasteiger partial charge in [-0.3, -0.25) is 9.69 Å². The van der Waals surface area contributed by atoms with Crippen LogP contribution in [0.1, 0.15) is 37.5 Å². The lowest BCUT2D eigenvalue weighted by Crippen LogP contribution is -2.28. The highest BCUT2D eigenvalue weighted by Crippen LogP contribution is 2.25. The highest BCUT2D eigenvalue weighted by atomic mass is 16.4. The number of amides is 1. The number of aromatic carboxylic acids is 1. The van der Waals surface area contributed by atoms with Gasteiger partial charge in [0.05, 0.1) is 23.0 Å². The molecule has 4 aromatic rings. The van der Waals surface area contributed by atoms with Crippen LogP contribution in [0.2, 0.25) is 0 Å². The van der Waals surface area contributed by atoms with E-state index < -0.39 is 11.9 Å². The molecule has 2 N–H and O–H groups in total. The van der Waals surface area contributed by atoms with Crippen LogP contribution in [0.3, 0.4) is 0 Å². The van der Waals surface area contributed by atoms with E-state index in [9.17, 15) is 14.7 Å². The van der Waals surface area contributed by atoms with Crippen molar-refractivity contribution in [1.82, 2.24) is 14.8 Å². The maximum absolute atomic E-state index is 13.2. The molecule has 7 heteroatoms. The predicted octanol–water partition coefficient (Wildman–Crippen LogP) is 3.68. The molecule has 2 heterocycles. The second-order valence-electron chi connectivity index (χ2n) is 7.93. The normalized spacial score (nSPS) is 13.2. The number of benzene rings is 3. The monoisotopic (exact) mass is 426 g/mol. The fraction of sp³-hybridized carbons (Fsp3) is 0.160. The van der Waals surface area contributed by atoms with Crippen molar-refractivity contribution in [3.8, 4) is 0 Å². The number of nitrogens with zero attached hydrogens (tertiary/aromatic N) is 3. The molecule has 0 saturated carbocycles. The predicted molar refractivity (Wildman–Crippen MR) is 121 cm³/mol. The van der Waals surface area contributed by atoms with Crippen LogP contribution in [0.4, 0.5) is 0 Å². The van der Waals surface area contributed by atoms with Gasteiger partial charge in [0.25, 0.3) is 5.91 Å². The van der Waals surface area contributed by atoms with Crippen LogP contribution in [0.5, 0.6) is 0 Å². The number of fused-ring (bicyclic) bond motifs is 2. The zero-order valence-corrected chi connectivity index (χ0v) is 17.4. The number of carboxylic acids is 1. The fourth-order valence-electron chi connectivity index (χ4n) is 4.25. The van der Waals surface area contributed by atoms with Crippen molar-refractivity contribution in [3.63, 3.8) is 0 Å². The summed E-state index contributed by atoms with van der Waals surface area (Å²) in [6.07, 6.45) is 2.71. The molecule has 1 aliphatic heterocycles. The highest BCUT2D eigenvalue weighted by Gasteiger charge is 2.26. The van der Waals surface area contributed by atoms with E-state index in [1.807, 2.05) is 30.3 Å². The van der Waals surface area contributed by atoms with E-state index in [0.717, 1.165) is 36.2 Å². The first-order valence-corrected chi connectivity index (χ1v) is 10.5. The van der Waals surface area contributed by atoms with Gasteiger partial charge in [-0.05, 0) is 28.8 Å². The second kappa shape index (κ2) is 8.28. The quantitative estimate of drug-likeness (QED) is 0.491. The molecule has 3 aromatic carbocycles. The summed E-state index contributed by atoms with van der Waals surface area (Å²) in [6.45, 7) is 2.34. The Bertz CT molecular complexity index is 1310. The molecule has 1 aliphatic rings. The molecular formula is C25H22N4O3. The molecule has 0 fully saturated rings. The third-order valence-corrected chi connectivity index (χ3v) is 5.88. The molecule has 1 aromatic heterocycles. The van der Waals surface area contributed by atoms with E-state index in [4.69, 9.17) is 0 Å².